The molecule has 1 saturated carbocycles. The Morgan fingerprint density at radius 1 is 1.12 bits per heavy atom. The number of ether oxygens (including phenoxy) is 1. The number of aromatic amines is 1. The number of sulfone groups is 1. The number of amides is 1. The molecule has 11 heteroatoms. The second kappa shape index (κ2) is 11.5. The smallest absolute Gasteiger partial charge is 0.387 e. The van der Waals surface area contributed by atoms with Crippen molar-refractivity contribution < 1.29 is 26.7 Å². The molecule has 1 amide bonds. The number of hydrogen-bond acceptors (Lipinski definition) is 5. The van der Waals surface area contributed by atoms with Crippen LogP contribution in [0.4, 0.5) is 8.78 Å². The van der Waals surface area contributed by atoms with Crippen LogP contribution in [0.25, 0.3) is 22.2 Å². The highest BCUT2D eigenvalue weighted by Gasteiger charge is 2.29. The zero-order valence-electron chi connectivity index (χ0n) is 21.7. The third-order valence-corrected chi connectivity index (χ3v) is 9.13. The van der Waals surface area contributed by atoms with Gasteiger partial charge in [-0.15, -0.1) is 0 Å². The van der Waals surface area contributed by atoms with Gasteiger partial charge in [0.25, 0.3) is 0 Å². The number of carbonyl (C=O) groups is 1. The van der Waals surface area contributed by atoms with Gasteiger partial charge in [0.2, 0.25) is 5.91 Å². The number of para-hydroxylation sites is 1. The fraction of sp³-hybridized carbons (Fsp3) is 0.310. The molecule has 0 bridgehead atoms. The van der Waals surface area contributed by atoms with Gasteiger partial charge in [0.15, 0.2) is 9.84 Å². The lowest BCUT2D eigenvalue weighted by atomic mass is 9.95. The molecule has 1 aliphatic rings. The number of H-pyrrole nitrogens is 1. The summed E-state index contributed by atoms with van der Waals surface area (Å²) in [5.74, 6) is 0.549. The number of nitrogens with zero attached hydrogens (tertiary/aromatic N) is 1. The molecule has 4 aromatic rings. The Balaban J connectivity index is 1.50. The van der Waals surface area contributed by atoms with Gasteiger partial charge >= 0.3 is 6.61 Å². The van der Waals surface area contributed by atoms with Crippen LogP contribution in [0, 0.1) is 5.92 Å². The Morgan fingerprint density at radius 2 is 1.85 bits per heavy atom. The maximum Gasteiger partial charge on any atom is 0.387 e. The number of alkyl halides is 2. The second-order valence-corrected chi connectivity index (χ2v) is 12.4. The SMILES string of the molecule is CC(=O)NCC[C@@H](c1ccc(S(=O)(=O)CC2CC2)cc1)c1nc2cc(-c3ccccc3OC(F)F)c(Cl)cc2[nH]1. The number of imidazole rings is 1. The van der Waals surface area contributed by atoms with Crippen molar-refractivity contribution in [1.29, 1.82) is 0 Å². The van der Waals surface area contributed by atoms with Crippen LogP contribution in [0.3, 0.4) is 0 Å². The summed E-state index contributed by atoms with van der Waals surface area (Å²) in [5, 5.41) is 3.13. The van der Waals surface area contributed by atoms with Gasteiger partial charge < -0.3 is 15.0 Å². The molecule has 0 radical (unpaired) electrons. The van der Waals surface area contributed by atoms with Gasteiger partial charge in [-0.25, -0.2) is 13.4 Å². The molecule has 7 nitrogen and oxygen atoms in total. The van der Waals surface area contributed by atoms with Gasteiger partial charge in [-0.1, -0.05) is 41.9 Å². The second-order valence-electron chi connectivity index (χ2n) is 9.96. The van der Waals surface area contributed by atoms with Gasteiger partial charge in [0, 0.05) is 30.5 Å². The molecule has 1 atom stereocenters. The van der Waals surface area contributed by atoms with Crippen molar-refractivity contribution in [1.82, 2.24) is 15.3 Å². The van der Waals surface area contributed by atoms with Crippen LogP contribution < -0.4 is 10.1 Å². The van der Waals surface area contributed by atoms with E-state index in [1.165, 1.54) is 13.0 Å². The minimum atomic E-state index is -3.35. The summed E-state index contributed by atoms with van der Waals surface area (Å²) < 4.78 is 56.1. The van der Waals surface area contributed by atoms with E-state index in [0.29, 0.717) is 46.0 Å². The van der Waals surface area contributed by atoms with E-state index in [0.717, 1.165) is 18.4 Å². The minimum absolute atomic E-state index is 0.000537. The van der Waals surface area contributed by atoms with Crippen LogP contribution in [-0.2, 0) is 14.6 Å². The Kier molecular flexibility index (Phi) is 8.09. The molecule has 1 aliphatic carbocycles. The minimum Gasteiger partial charge on any atom is -0.434 e. The standard InChI is InChI=1S/C29H28ClF2N3O4S/c1-17(36)33-13-12-21(19-8-10-20(11-9-19)40(37,38)16-18-6-7-18)28-34-25-14-23(24(30)15-26(25)35-28)22-4-2-3-5-27(22)39-29(31)32/h2-5,8-11,14-15,18,21,29H,6-7,12-13,16H2,1H3,(H,33,36)(H,34,35)/t21-/m0/s1. The quantitative estimate of drug-likeness (QED) is 0.214. The predicted octanol–water partition coefficient (Wildman–Crippen LogP) is 6.33. The first-order valence-electron chi connectivity index (χ1n) is 12.9. The normalized spacial score (nSPS) is 14.4. The molecule has 3 aromatic carbocycles. The van der Waals surface area contributed by atoms with E-state index in [9.17, 15) is 22.0 Å². The molecule has 0 aliphatic heterocycles. The predicted molar refractivity (Wildman–Crippen MR) is 150 cm³/mol. The fourth-order valence-corrected chi connectivity index (χ4v) is 6.72. The van der Waals surface area contributed by atoms with Gasteiger partial charge in [0.1, 0.15) is 11.6 Å². The number of benzene rings is 3. The molecule has 0 spiro atoms. The number of rotatable bonds is 11. The number of carbonyl (C=O) groups excluding carboxylic acids is 1. The van der Waals surface area contributed by atoms with Crippen LogP contribution in [-0.4, -0.2) is 43.2 Å². The van der Waals surface area contributed by atoms with Gasteiger partial charge in [-0.05, 0) is 61.1 Å². The highest BCUT2D eigenvalue weighted by atomic mass is 35.5. The Bertz CT molecular complexity index is 1640. The zero-order valence-corrected chi connectivity index (χ0v) is 23.2. The summed E-state index contributed by atoms with van der Waals surface area (Å²) in [5.41, 5.74) is 2.93. The molecule has 40 heavy (non-hydrogen) atoms. The van der Waals surface area contributed by atoms with Crippen molar-refractivity contribution >= 4 is 38.4 Å². The number of hydrogen-bond donors (Lipinski definition) is 2. The molecule has 0 unspecified atom stereocenters. The summed E-state index contributed by atoms with van der Waals surface area (Å²) in [6.07, 6.45) is 2.40. The highest BCUT2D eigenvalue weighted by molar-refractivity contribution is 7.91. The molecule has 2 N–H and O–H groups in total. The topological polar surface area (TPSA) is 101 Å². The van der Waals surface area contributed by atoms with E-state index in [2.05, 4.69) is 10.3 Å². The molecule has 210 valence electrons. The first-order chi connectivity index (χ1) is 19.1. The molecule has 1 heterocycles. The van der Waals surface area contributed by atoms with Crippen LogP contribution in [0.2, 0.25) is 5.02 Å². The molecule has 1 aromatic heterocycles. The Labute approximate surface area is 235 Å². The monoisotopic (exact) mass is 587 g/mol. The van der Waals surface area contributed by atoms with Crippen molar-refractivity contribution in [3.8, 4) is 16.9 Å². The van der Waals surface area contributed by atoms with Crippen molar-refractivity contribution in [3.05, 3.63) is 77.1 Å². The van der Waals surface area contributed by atoms with Crippen LogP contribution in [0.5, 0.6) is 5.75 Å². The van der Waals surface area contributed by atoms with Crippen LogP contribution in [0.1, 0.15) is 43.5 Å². The third kappa shape index (κ3) is 6.45. The van der Waals surface area contributed by atoms with Gasteiger partial charge in [-0.2, -0.15) is 8.78 Å². The average molecular weight is 588 g/mol. The van der Waals surface area contributed by atoms with Gasteiger partial charge in [0.05, 0.1) is 26.7 Å². The summed E-state index contributed by atoms with van der Waals surface area (Å²) in [4.78, 5) is 19.9. The van der Waals surface area contributed by atoms with Crippen molar-refractivity contribution in [2.45, 2.75) is 43.6 Å². The Hall–Kier alpha value is -3.50. The number of fused-ring (bicyclic) bond motifs is 1. The van der Waals surface area contributed by atoms with E-state index >= 15 is 0 Å². The maximum atomic E-state index is 13.0. The lowest BCUT2D eigenvalue weighted by Crippen LogP contribution is -2.23. The van der Waals surface area contributed by atoms with E-state index < -0.39 is 16.4 Å². The number of nitrogens with one attached hydrogen (secondary N) is 2. The van der Waals surface area contributed by atoms with Crippen molar-refractivity contribution in [2.75, 3.05) is 12.3 Å². The average Bonchev–Trinajstić information content (AvgIpc) is 3.61. The van der Waals surface area contributed by atoms with Gasteiger partial charge in [-0.3, -0.25) is 4.79 Å². The van der Waals surface area contributed by atoms with Crippen molar-refractivity contribution in [3.63, 3.8) is 0 Å². The van der Waals surface area contributed by atoms with E-state index in [4.69, 9.17) is 21.3 Å². The summed E-state index contributed by atoms with van der Waals surface area (Å²) in [6.45, 7) is -1.17. The summed E-state index contributed by atoms with van der Waals surface area (Å²) in [6, 6.07) is 16.6. The van der Waals surface area contributed by atoms with Crippen LogP contribution in [0.15, 0.2) is 65.6 Å². The number of halogens is 3. The van der Waals surface area contributed by atoms with E-state index in [-0.39, 0.29) is 34.1 Å². The maximum absolute atomic E-state index is 13.0. The first kappa shape index (κ1) is 28.0. The van der Waals surface area contributed by atoms with Crippen LogP contribution >= 0.6 is 11.6 Å². The third-order valence-electron chi connectivity index (χ3n) is 6.91. The highest BCUT2D eigenvalue weighted by Crippen LogP contribution is 2.39. The zero-order chi connectivity index (χ0) is 28.4. The Morgan fingerprint density at radius 3 is 2.52 bits per heavy atom. The van der Waals surface area contributed by atoms with E-state index in [1.807, 2.05) is 0 Å². The molecule has 0 saturated heterocycles. The largest absolute Gasteiger partial charge is 0.434 e. The summed E-state index contributed by atoms with van der Waals surface area (Å²) in [7, 11) is -3.35. The lowest BCUT2D eigenvalue weighted by Gasteiger charge is -2.16. The summed E-state index contributed by atoms with van der Waals surface area (Å²) >= 11 is 6.58. The molecule has 1 fully saturated rings. The fourth-order valence-electron chi connectivity index (χ4n) is 4.76. The first-order valence-corrected chi connectivity index (χ1v) is 14.9. The lowest BCUT2D eigenvalue weighted by molar-refractivity contribution is -0.118. The molecular formula is C29H28ClF2N3O4S. The van der Waals surface area contributed by atoms with Crippen molar-refractivity contribution in [2.24, 2.45) is 5.92 Å². The van der Waals surface area contributed by atoms with E-state index in [1.54, 1.807) is 54.6 Å². The molecule has 5 rings (SSSR count). The molecular weight excluding hydrogens is 560 g/mol. The number of aromatic nitrogens is 2.